The molecule has 2 atom stereocenters. The molecule has 1 aromatic carbocycles. The number of hydrogen-bond donors (Lipinski definition) is 0. The lowest BCUT2D eigenvalue weighted by atomic mass is 10.1. The molecule has 6 heteroatoms. The zero-order chi connectivity index (χ0) is 14.8. The van der Waals surface area contributed by atoms with Crippen molar-refractivity contribution in [3.05, 3.63) is 29.3 Å². The predicted octanol–water partition coefficient (Wildman–Crippen LogP) is 4.55. The van der Waals surface area contributed by atoms with Gasteiger partial charge in [-0.3, -0.25) is 0 Å². The number of hydrogen-bond acceptors (Lipinski definition) is 2. The number of ether oxygens (including phenoxy) is 2. The van der Waals surface area contributed by atoms with Gasteiger partial charge in [0, 0.05) is 5.33 Å². The molecule has 1 heterocycles. The summed E-state index contributed by atoms with van der Waals surface area (Å²) in [6, 6.07) is 4.11. The van der Waals surface area contributed by atoms with Crippen molar-refractivity contribution < 1.29 is 22.6 Å². The first-order chi connectivity index (χ1) is 9.40. The van der Waals surface area contributed by atoms with E-state index in [0.29, 0.717) is 10.9 Å². The van der Waals surface area contributed by atoms with E-state index in [1.54, 1.807) is 6.07 Å². The summed E-state index contributed by atoms with van der Waals surface area (Å²) in [6.45, 7) is 2.10. The van der Waals surface area contributed by atoms with E-state index in [-0.39, 0.29) is 24.6 Å². The average Bonchev–Trinajstić information content (AvgIpc) is 2.81. The van der Waals surface area contributed by atoms with Crippen molar-refractivity contribution in [3.8, 4) is 5.75 Å². The Labute approximate surface area is 124 Å². The maximum Gasteiger partial charge on any atom is 0.419 e. The lowest BCUT2D eigenvalue weighted by molar-refractivity contribution is -0.139. The van der Waals surface area contributed by atoms with Gasteiger partial charge in [-0.25, -0.2) is 0 Å². The molecule has 0 N–H and O–H groups in total. The van der Waals surface area contributed by atoms with Crippen molar-refractivity contribution >= 4 is 15.9 Å². The van der Waals surface area contributed by atoms with Gasteiger partial charge >= 0.3 is 6.18 Å². The molecule has 0 bridgehead atoms. The molecule has 20 heavy (non-hydrogen) atoms. The van der Waals surface area contributed by atoms with Crippen LogP contribution in [-0.4, -0.2) is 18.8 Å². The van der Waals surface area contributed by atoms with E-state index in [2.05, 4.69) is 15.9 Å². The normalized spacial score (nSPS) is 23.1. The van der Waals surface area contributed by atoms with E-state index in [4.69, 9.17) is 9.47 Å². The molecule has 0 aliphatic carbocycles. The zero-order valence-corrected chi connectivity index (χ0v) is 12.6. The SMILES string of the molecule is CC1CCC(COc2ccc(CBr)cc2C(F)(F)F)O1. The maximum absolute atomic E-state index is 13.0. The van der Waals surface area contributed by atoms with Crippen LogP contribution in [0.25, 0.3) is 0 Å². The van der Waals surface area contributed by atoms with Crippen molar-refractivity contribution in [1.29, 1.82) is 0 Å². The first-order valence-corrected chi connectivity index (χ1v) is 7.56. The van der Waals surface area contributed by atoms with Crippen molar-refractivity contribution in [2.24, 2.45) is 0 Å². The standard InChI is InChI=1S/C14H16BrF3O2/c1-9-2-4-11(20-9)8-19-13-5-3-10(7-15)6-12(13)14(16,17)18/h3,5-6,9,11H,2,4,7-8H2,1H3. The van der Waals surface area contributed by atoms with Gasteiger partial charge in [0.05, 0.1) is 17.8 Å². The van der Waals surface area contributed by atoms with Crippen LogP contribution in [0.5, 0.6) is 5.75 Å². The van der Waals surface area contributed by atoms with Crippen LogP contribution >= 0.6 is 15.9 Å². The summed E-state index contributed by atoms with van der Waals surface area (Å²) in [7, 11) is 0. The third-order valence-corrected chi connectivity index (χ3v) is 3.90. The van der Waals surface area contributed by atoms with Gasteiger partial charge in [0.15, 0.2) is 0 Å². The third kappa shape index (κ3) is 3.88. The second-order valence-corrected chi connectivity index (χ2v) is 5.48. The van der Waals surface area contributed by atoms with Gasteiger partial charge in [-0.2, -0.15) is 13.2 Å². The fourth-order valence-corrected chi connectivity index (χ4v) is 2.55. The largest absolute Gasteiger partial charge is 0.490 e. The molecule has 1 aliphatic heterocycles. The van der Waals surface area contributed by atoms with Crippen LogP contribution in [0.15, 0.2) is 18.2 Å². The molecular formula is C14H16BrF3O2. The van der Waals surface area contributed by atoms with E-state index >= 15 is 0 Å². The van der Waals surface area contributed by atoms with E-state index in [1.807, 2.05) is 6.92 Å². The molecular weight excluding hydrogens is 337 g/mol. The molecule has 0 saturated carbocycles. The lowest BCUT2D eigenvalue weighted by Crippen LogP contribution is -2.19. The molecule has 0 aromatic heterocycles. The molecule has 2 rings (SSSR count). The number of halogens is 4. The second-order valence-electron chi connectivity index (χ2n) is 4.92. The Morgan fingerprint density at radius 1 is 1.35 bits per heavy atom. The van der Waals surface area contributed by atoms with Crippen LogP contribution in [-0.2, 0) is 16.2 Å². The highest BCUT2D eigenvalue weighted by Gasteiger charge is 2.35. The maximum atomic E-state index is 13.0. The molecule has 0 spiro atoms. The van der Waals surface area contributed by atoms with E-state index in [9.17, 15) is 13.2 Å². The number of benzene rings is 1. The summed E-state index contributed by atoms with van der Waals surface area (Å²) < 4.78 is 49.9. The highest BCUT2D eigenvalue weighted by Crippen LogP contribution is 2.37. The smallest absolute Gasteiger partial charge is 0.419 e. The molecule has 112 valence electrons. The average molecular weight is 353 g/mol. The van der Waals surface area contributed by atoms with Crippen LogP contribution in [0.1, 0.15) is 30.9 Å². The molecule has 1 fully saturated rings. The monoisotopic (exact) mass is 352 g/mol. The topological polar surface area (TPSA) is 18.5 Å². The minimum Gasteiger partial charge on any atom is -0.490 e. The Kier molecular flexibility index (Phi) is 4.96. The number of rotatable bonds is 4. The Morgan fingerprint density at radius 3 is 2.65 bits per heavy atom. The Morgan fingerprint density at radius 2 is 2.10 bits per heavy atom. The third-order valence-electron chi connectivity index (χ3n) is 3.25. The van der Waals surface area contributed by atoms with Crippen LogP contribution in [0.3, 0.4) is 0 Å². The van der Waals surface area contributed by atoms with Crippen LogP contribution in [0.2, 0.25) is 0 Å². The predicted molar refractivity (Wildman–Crippen MR) is 73.1 cm³/mol. The quantitative estimate of drug-likeness (QED) is 0.740. The first kappa shape index (κ1) is 15.6. The van der Waals surface area contributed by atoms with Crippen molar-refractivity contribution in [3.63, 3.8) is 0 Å². The van der Waals surface area contributed by atoms with E-state index in [1.165, 1.54) is 6.07 Å². The van der Waals surface area contributed by atoms with Gasteiger partial charge in [-0.15, -0.1) is 0 Å². The summed E-state index contributed by atoms with van der Waals surface area (Å²) in [6.07, 6.45) is -2.65. The van der Waals surface area contributed by atoms with Crippen molar-refractivity contribution in [2.75, 3.05) is 6.61 Å². The Hall–Kier alpha value is -0.750. The van der Waals surface area contributed by atoms with Gasteiger partial charge in [-0.05, 0) is 37.5 Å². The minimum absolute atomic E-state index is 0.123. The van der Waals surface area contributed by atoms with Crippen LogP contribution < -0.4 is 4.74 Å². The fourth-order valence-electron chi connectivity index (χ4n) is 2.20. The Bertz CT molecular complexity index is 462. The number of alkyl halides is 4. The molecule has 2 unspecified atom stereocenters. The van der Waals surface area contributed by atoms with Gasteiger partial charge < -0.3 is 9.47 Å². The van der Waals surface area contributed by atoms with Crippen LogP contribution in [0, 0.1) is 0 Å². The first-order valence-electron chi connectivity index (χ1n) is 6.44. The molecule has 1 saturated heterocycles. The molecule has 0 amide bonds. The van der Waals surface area contributed by atoms with Gasteiger partial charge in [0.2, 0.25) is 0 Å². The minimum atomic E-state index is -4.42. The van der Waals surface area contributed by atoms with E-state index < -0.39 is 11.7 Å². The van der Waals surface area contributed by atoms with E-state index in [0.717, 1.165) is 18.9 Å². The van der Waals surface area contributed by atoms with Crippen molar-refractivity contribution in [1.82, 2.24) is 0 Å². The lowest BCUT2D eigenvalue weighted by Gasteiger charge is -2.17. The summed E-state index contributed by atoms with van der Waals surface area (Å²) >= 11 is 3.15. The molecule has 2 nitrogen and oxygen atoms in total. The summed E-state index contributed by atoms with van der Waals surface area (Å²) in [5, 5.41) is 0.375. The fraction of sp³-hybridized carbons (Fsp3) is 0.571. The zero-order valence-electron chi connectivity index (χ0n) is 11.0. The summed E-state index contributed by atoms with van der Waals surface area (Å²) in [5.41, 5.74) is -0.170. The highest BCUT2D eigenvalue weighted by molar-refractivity contribution is 9.08. The summed E-state index contributed by atoms with van der Waals surface area (Å²) in [4.78, 5) is 0. The Balaban J connectivity index is 2.10. The van der Waals surface area contributed by atoms with Crippen LogP contribution in [0.4, 0.5) is 13.2 Å². The molecule has 0 radical (unpaired) electrons. The second kappa shape index (κ2) is 6.35. The molecule has 1 aromatic rings. The summed E-state index contributed by atoms with van der Waals surface area (Å²) in [5.74, 6) is -0.134. The van der Waals surface area contributed by atoms with Gasteiger partial charge in [0.1, 0.15) is 12.4 Å². The highest BCUT2D eigenvalue weighted by atomic mass is 79.9. The van der Waals surface area contributed by atoms with Gasteiger partial charge in [-0.1, -0.05) is 22.0 Å². The van der Waals surface area contributed by atoms with Crippen molar-refractivity contribution in [2.45, 2.75) is 43.5 Å². The molecule has 1 aliphatic rings. The van der Waals surface area contributed by atoms with Gasteiger partial charge in [0.25, 0.3) is 0 Å².